The molecular weight excluding hydrogens is 448 g/mol. The summed E-state index contributed by atoms with van der Waals surface area (Å²) in [5.74, 6) is 0.331. The summed E-state index contributed by atoms with van der Waals surface area (Å²) in [5, 5.41) is 8.58. The van der Waals surface area contributed by atoms with E-state index in [1.807, 2.05) is 39.0 Å². The number of sulfonamides is 1. The van der Waals surface area contributed by atoms with E-state index < -0.39 is 15.9 Å². The number of rotatable bonds is 6. The van der Waals surface area contributed by atoms with Gasteiger partial charge in [0.05, 0.1) is 5.92 Å². The molecule has 32 heavy (non-hydrogen) atoms. The summed E-state index contributed by atoms with van der Waals surface area (Å²) in [6.07, 6.45) is 1.90. The van der Waals surface area contributed by atoms with E-state index in [2.05, 4.69) is 15.5 Å². The third-order valence-corrected chi connectivity index (χ3v) is 8.72. The molecule has 1 aromatic carbocycles. The van der Waals surface area contributed by atoms with Gasteiger partial charge >= 0.3 is 0 Å². The number of anilines is 1. The number of nitrogens with zero attached hydrogens (tertiary/aromatic N) is 3. The molecule has 0 saturated carbocycles. The first-order valence-electron chi connectivity index (χ1n) is 10.6. The van der Waals surface area contributed by atoms with Gasteiger partial charge in [-0.25, -0.2) is 8.42 Å². The number of nitrogens with one attached hydrogen (secondary N) is 1. The van der Waals surface area contributed by atoms with Crippen molar-refractivity contribution in [1.29, 1.82) is 0 Å². The van der Waals surface area contributed by atoms with Crippen LogP contribution in [0.15, 0.2) is 38.4 Å². The number of piperidine rings is 1. The molecule has 0 spiro atoms. The van der Waals surface area contributed by atoms with Crippen LogP contribution in [0.5, 0.6) is 0 Å². The molecule has 1 N–H and O–H groups in total. The average Bonchev–Trinajstić information content (AvgIpc) is 3.43. The average molecular weight is 475 g/mol. The highest BCUT2D eigenvalue weighted by Crippen LogP contribution is 2.31. The number of carbonyl (C=O) groups excluding carboxylic acids is 1. The quantitative estimate of drug-likeness (QED) is 0.579. The fraction of sp³-hybridized carbons (Fsp3) is 0.409. The molecule has 3 heterocycles. The van der Waals surface area contributed by atoms with Gasteiger partial charge in [-0.3, -0.25) is 4.79 Å². The van der Waals surface area contributed by atoms with Gasteiger partial charge in [0, 0.05) is 36.1 Å². The van der Waals surface area contributed by atoms with Crippen LogP contribution >= 0.6 is 11.3 Å². The van der Waals surface area contributed by atoms with Gasteiger partial charge in [-0.2, -0.15) is 9.29 Å². The van der Waals surface area contributed by atoms with Crippen molar-refractivity contribution >= 4 is 33.0 Å². The van der Waals surface area contributed by atoms with Crippen LogP contribution in [0.3, 0.4) is 0 Å². The van der Waals surface area contributed by atoms with E-state index in [0.717, 1.165) is 28.2 Å². The van der Waals surface area contributed by atoms with Crippen molar-refractivity contribution in [3.8, 4) is 11.4 Å². The summed E-state index contributed by atoms with van der Waals surface area (Å²) in [4.78, 5) is 17.1. The van der Waals surface area contributed by atoms with E-state index >= 15 is 0 Å². The van der Waals surface area contributed by atoms with Crippen molar-refractivity contribution in [1.82, 2.24) is 14.4 Å². The fourth-order valence-corrected chi connectivity index (χ4v) is 6.71. The molecule has 1 aliphatic heterocycles. The molecule has 1 atom stereocenters. The van der Waals surface area contributed by atoms with E-state index in [4.69, 9.17) is 4.52 Å². The maximum absolute atomic E-state index is 13.2. The Labute approximate surface area is 191 Å². The van der Waals surface area contributed by atoms with Crippen molar-refractivity contribution in [3.63, 3.8) is 0 Å². The molecular formula is C22H26N4O4S2. The minimum Gasteiger partial charge on any atom is -0.339 e. The molecule has 1 aliphatic rings. The third kappa shape index (κ3) is 4.77. The van der Waals surface area contributed by atoms with Crippen LogP contribution in [0.2, 0.25) is 0 Å². The SMILES string of the molecule is CCc1nc(-c2csc(S(=O)(=O)N3CCCC(C(=O)Nc4cc(C)cc(C)c4)C3)c2)no1. The molecule has 2 aromatic heterocycles. The van der Waals surface area contributed by atoms with Gasteiger partial charge in [-0.1, -0.05) is 18.1 Å². The lowest BCUT2D eigenvalue weighted by Gasteiger charge is -2.30. The van der Waals surface area contributed by atoms with Gasteiger partial charge in [-0.15, -0.1) is 11.3 Å². The van der Waals surface area contributed by atoms with E-state index in [9.17, 15) is 13.2 Å². The molecule has 170 valence electrons. The van der Waals surface area contributed by atoms with Crippen LogP contribution in [0, 0.1) is 19.8 Å². The molecule has 0 aliphatic carbocycles. The molecule has 0 radical (unpaired) electrons. The Balaban J connectivity index is 1.48. The Kier molecular flexibility index (Phi) is 6.45. The van der Waals surface area contributed by atoms with Crippen molar-refractivity contribution in [3.05, 3.63) is 46.7 Å². The first-order chi connectivity index (χ1) is 15.3. The summed E-state index contributed by atoms with van der Waals surface area (Å²) in [6, 6.07) is 7.44. The van der Waals surface area contributed by atoms with Gasteiger partial charge in [0.1, 0.15) is 4.21 Å². The Morgan fingerprint density at radius 2 is 2.00 bits per heavy atom. The number of aryl methyl sites for hydroxylation is 3. The Bertz CT molecular complexity index is 1210. The normalized spacial score (nSPS) is 17.4. The Hall–Kier alpha value is -2.56. The van der Waals surface area contributed by atoms with Crippen LogP contribution in [-0.2, 0) is 21.2 Å². The van der Waals surface area contributed by atoms with Crippen LogP contribution in [0.4, 0.5) is 5.69 Å². The molecule has 1 unspecified atom stereocenters. The molecule has 1 fully saturated rings. The summed E-state index contributed by atoms with van der Waals surface area (Å²) in [7, 11) is -3.72. The molecule has 8 nitrogen and oxygen atoms in total. The van der Waals surface area contributed by atoms with Crippen molar-refractivity contribution in [2.45, 2.75) is 44.2 Å². The van der Waals surface area contributed by atoms with Crippen LogP contribution in [0.1, 0.15) is 36.8 Å². The fourth-order valence-electron chi connectivity index (χ4n) is 3.88. The van der Waals surface area contributed by atoms with E-state index in [-0.39, 0.29) is 16.7 Å². The van der Waals surface area contributed by atoms with Crippen molar-refractivity contribution in [2.24, 2.45) is 5.92 Å². The zero-order valence-corrected chi connectivity index (χ0v) is 19.9. The first-order valence-corrected chi connectivity index (χ1v) is 12.9. The minimum absolute atomic E-state index is 0.152. The van der Waals surface area contributed by atoms with Crippen LogP contribution in [-0.4, -0.2) is 41.9 Å². The van der Waals surface area contributed by atoms with Crippen molar-refractivity contribution < 1.29 is 17.7 Å². The predicted molar refractivity (Wildman–Crippen MR) is 123 cm³/mol. The highest BCUT2D eigenvalue weighted by Gasteiger charge is 2.34. The zero-order chi connectivity index (χ0) is 22.9. The van der Waals surface area contributed by atoms with E-state index in [0.29, 0.717) is 43.1 Å². The molecule has 1 amide bonds. The smallest absolute Gasteiger partial charge is 0.252 e. The summed E-state index contributed by atoms with van der Waals surface area (Å²) >= 11 is 1.13. The molecule has 10 heteroatoms. The highest BCUT2D eigenvalue weighted by atomic mass is 32.2. The number of hydrogen-bond donors (Lipinski definition) is 1. The topological polar surface area (TPSA) is 105 Å². The molecule has 1 saturated heterocycles. The number of benzene rings is 1. The van der Waals surface area contributed by atoms with E-state index in [1.54, 1.807) is 11.4 Å². The third-order valence-electron chi connectivity index (χ3n) is 5.44. The van der Waals surface area contributed by atoms with Gasteiger partial charge in [-0.05, 0) is 56.0 Å². The monoisotopic (exact) mass is 474 g/mol. The van der Waals surface area contributed by atoms with Crippen LogP contribution in [0.25, 0.3) is 11.4 Å². The largest absolute Gasteiger partial charge is 0.339 e. The minimum atomic E-state index is -3.72. The molecule has 0 bridgehead atoms. The van der Waals surface area contributed by atoms with Crippen molar-refractivity contribution in [2.75, 3.05) is 18.4 Å². The summed E-state index contributed by atoms with van der Waals surface area (Å²) in [6.45, 7) is 6.41. The Morgan fingerprint density at radius 1 is 1.25 bits per heavy atom. The molecule has 4 rings (SSSR count). The van der Waals surface area contributed by atoms with Gasteiger partial charge in [0.2, 0.25) is 17.6 Å². The van der Waals surface area contributed by atoms with Crippen LogP contribution < -0.4 is 5.32 Å². The maximum Gasteiger partial charge on any atom is 0.252 e. The summed E-state index contributed by atoms with van der Waals surface area (Å²) in [5.41, 5.74) is 3.48. The number of aromatic nitrogens is 2. The van der Waals surface area contributed by atoms with Gasteiger partial charge in [0.15, 0.2) is 0 Å². The first kappa shape index (κ1) is 22.6. The molecule has 3 aromatic rings. The second kappa shape index (κ2) is 9.13. The number of thiophene rings is 1. The number of carbonyl (C=O) groups is 1. The zero-order valence-electron chi connectivity index (χ0n) is 18.3. The Morgan fingerprint density at radius 3 is 2.69 bits per heavy atom. The van der Waals surface area contributed by atoms with Gasteiger partial charge < -0.3 is 9.84 Å². The predicted octanol–water partition coefficient (Wildman–Crippen LogP) is 4.02. The van der Waals surface area contributed by atoms with Gasteiger partial charge in [0.25, 0.3) is 10.0 Å². The lowest BCUT2D eigenvalue weighted by Crippen LogP contribution is -2.43. The summed E-state index contributed by atoms with van der Waals surface area (Å²) < 4.78 is 33.2. The lowest BCUT2D eigenvalue weighted by molar-refractivity contribution is -0.120. The highest BCUT2D eigenvalue weighted by molar-refractivity contribution is 7.91. The standard InChI is InChI=1S/C22H26N4O4S2/c1-4-19-24-21(25-30-19)17-11-20(31-13-17)32(28,29)26-7-5-6-16(12-26)22(27)23-18-9-14(2)8-15(3)10-18/h8-11,13,16H,4-7,12H2,1-3H3,(H,23,27). The number of amides is 1. The maximum atomic E-state index is 13.2. The lowest BCUT2D eigenvalue weighted by atomic mass is 9.98. The van der Waals surface area contributed by atoms with E-state index in [1.165, 1.54) is 4.31 Å². The number of hydrogen-bond acceptors (Lipinski definition) is 7. The second-order valence-electron chi connectivity index (χ2n) is 8.09. The second-order valence-corrected chi connectivity index (χ2v) is 11.2.